The van der Waals surface area contributed by atoms with E-state index in [2.05, 4.69) is 17.0 Å². The first-order chi connectivity index (χ1) is 8.60. The van der Waals surface area contributed by atoms with Crippen molar-refractivity contribution < 1.29 is 13.9 Å². The minimum Gasteiger partial charge on any atom is -0.465 e. The van der Waals surface area contributed by atoms with Crippen molar-refractivity contribution in [3.63, 3.8) is 0 Å². The van der Waals surface area contributed by atoms with Crippen LogP contribution in [0.25, 0.3) is 0 Å². The third-order valence-corrected chi connectivity index (χ3v) is 4.30. The average molecular weight is 269 g/mol. The van der Waals surface area contributed by atoms with E-state index in [9.17, 15) is 9.18 Å². The first-order valence-corrected chi connectivity index (χ1v) is 6.91. The molecule has 0 saturated carbocycles. The number of hydrogen-bond donors (Lipinski definition) is 1. The van der Waals surface area contributed by atoms with Gasteiger partial charge in [-0.2, -0.15) is 11.8 Å². The lowest BCUT2D eigenvalue weighted by Crippen LogP contribution is -2.21. The number of carbonyl (C=O) groups is 1. The van der Waals surface area contributed by atoms with Gasteiger partial charge in [0, 0.05) is 22.7 Å². The number of esters is 1. The highest BCUT2D eigenvalue weighted by Crippen LogP contribution is 2.29. The number of hydrogen-bond acceptors (Lipinski definition) is 4. The number of carbonyl (C=O) groups excluding carboxylic acids is 1. The predicted octanol–water partition coefficient (Wildman–Crippen LogP) is 2.92. The van der Waals surface area contributed by atoms with E-state index in [1.54, 1.807) is 6.07 Å². The fraction of sp³-hybridized carbons (Fsp3) is 0.462. The van der Waals surface area contributed by atoms with Crippen LogP contribution in [0.4, 0.5) is 10.1 Å². The molecule has 0 aromatic heterocycles. The molecule has 1 aromatic carbocycles. The Kier molecular flexibility index (Phi) is 4.11. The van der Waals surface area contributed by atoms with Crippen molar-refractivity contribution in [3.05, 3.63) is 29.6 Å². The zero-order chi connectivity index (χ0) is 13.1. The Bertz CT molecular complexity index is 453. The van der Waals surface area contributed by atoms with Crippen molar-refractivity contribution in [2.75, 3.05) is 18.2 Å². The van der Waals surface area contributed by atoms with Gasteiger partial charge in [-0.1, -0.05) is 6.92 Å². The molecule has 1 aliphatic heterocycles. The Morgan fingerprint density at radius 2 is 2.33 bits per heavy atom. The maximum absolute atomic E-state index is 13.2. The molecule has 5 heteroatoms. The first-order valence-electron chi connectivity index (χ1n) is 5.86. The Hall–Kier alpha value is -1.23. The van der Waals surface area contributed by atoms with Gasteiger partial charge in [-0.3, -0.25) is 0 Å². The van der Waals surface area contributed by atoms with E-state index in [1.165, 1.54) is 19.2 Å². The van der Waals surface area contributed by atoms with Gasteiger partial charge in [0.25, 0.3) is 0 Å². The molecule has 1 fully saturated rings. The molecule has 1 saturated heterocycles. The van der Waals surface area contributed by atoms with Crippen LogP contribution in [-0.2, 0) is 4.74 Å². The van der Waals surface area contributed by atoms with Crippen LogP contribution in [0.2, 0.25) is 0 Å². The minimum atomic E-state index is -0.518. The van der Waals surface area contributed by atoms with Crippen LogP contribution in [0.1, 0.15) is 23.7 Å². The number of benzene rings is 1. The van der Waals surface area contributed by atoms with Crippen molar-refractivity contribution >= 4 is 23.4 Å². The number of halogens is 1. The predicted molar refractivity (Wildman–Crippen MR) is 71.7 cm³/mol. The molecule has 2 atom stereocenters. The third-order valence-electron chi connectivity index (χ3n) is 2.94. The van der Waals surface area contributed by atoms with Gasteiger partial charge in [0.05, 0.1) is 12.7 Å². The van der Waals surface area contributed by atoms with Gasteiger partial charge >= 0.3 is 5.97 Å². The van der Waals surface area contributed by atoms with Crippen LogP contribution < -0.4 is 5.32 Å². The standard InChI is InChI=1S/C13H16FNO2S/c1-8-5-10(7-18-8)15-12-4-3-9(14)6-11(12)13(16)17-2/h3-4,6,8,10,15H,5,7H2,1-2H3. The topological polar surface area (TPSA) is 38.3 Å². The van der Waals surface area contributed by atoms with E-state index in [0.717, 1.165) is 12.2 Å². The molecule has 0 radical (unpaired) electrons. The summed E-state index contributed by atoms with van der Waals surface area (Å²) in [4.78, 5) is 11.6. The number of thioether (sulfide) groups is 1. The molecule has 0 spiro atoms. The molecule has 18 heavy (non-hydrogen) atoms. The summed E-state index contributed by atoms with van der Waals surface area (Å²) in [6, 6.07) is 4.47. The summed E-state index contributed by atoms with van der Waals surface area (Å²) >= 11 is 1.89. The molecule has 1 heterocycles. The highest BCUT2D eigenvalue weighted by atomic mass is 32.2. The third kappa shape index (κ3) is 2.96. The van der Waals surface area contributed by atoms with E-state index in [4.69, 9.17) is 0 Å². The van der Waals surface area contributed by atoms with Gasteiger partial charge in [-0.05, 0) is 24.6 Å². The molecular formula is C13H16FNO2S. The Morgan fingerprint density at radius 1 is 1.56 bits per heavy atom. The number of nitrogens with one attached hydrogen (secondary N) is 1. The van der Waals surface area contributed by atoms with Gasteiger partial charge < -0.3 is 10.1 Å². The molecule has 1 aromatic rings. The summed E-state index contributed by atoms with van der Waals surface area (Å²) in [7, 11) is 1.30. The summed E-state index contributed by atoms with van der Waals surface area (Å²) in [6.07, 6.45) is 1.04. The van der Waals surface area contributed by atoms with Gasteiger partial charge in [-0.15, -0.1) is 0 Å². The second kappa shape index (κ2) is 5.61. The van der Waals surface area contributed by atoms with Crippen LogP contribution >= 0.6 is 11.8 Å². The lowest BCUT2D eigenvalue weighted by molar-refractivity contribution is 0.0601. The van der Waals surface area contributed by atoms with Crippen LogP contribution in [0, 0.1) is 5.82 Å². The summed E-state index contributed by atoms with van der Waals surface area (Å²) in [5.41, 5.74) is 0.894. The smallest absolute Gasteiger partial charge is 0.340 e. The summed E-state index contributed by atoms with van der Waals surface area (Å²) < 4.78 is 17.8. The average Bonchev–Trinajstić information content (AvgIpc) is 2.76. The molecule has 2 rings (SSSR count). The van der Waals surface area contributed by atoms with Crippen LogP contribution in [-0.4, -0.2) is 30.1 Å². The minimum absolute atomic E-state index is 0.252. The Balaban J connectivity index is 2.18. The second-order valence-corrected chi connectivity index (χ2v) is 5.87. The SMILES string of the molecule is COC(=O)c1cc(F)ccc1NC1CSC(C)C1. The summed E-state index contributed by atoms with van der Waals surface area (Å²) in [5, 5.41) is 3.91. The van der Waals surface area contributed by atoms with Gasteiger partial charge in [0.15, 0.2) is 0 Å². The maximum Gasteiger partial charge on any atom is 0.340 e. The molecule has 98 valence electrons. The van der Waals surface area contributed by atoms with Crippen molar-refractivity contribution in [2.45, 2.75) is 24.6 Å². The van der Waals surface area contributed by atoms with E-state index in [1.807, 2.05) is 11.8 Å². The van der Waals surface area contributed by atoms with E-state index >= 15 is 0 Å². The lowest BCUT2D eigenvalue weighted by Gasteiger charge is -2.16. The van der Waals surface area contributed by atoms with Crippen LogP contribution in [0.15, 0.2) is 18.2 Å². The summed E-state index contributed by atoms with van der Waals surface area (Å²) in [6.45, 7) is 2.18. The Morgan fingerprint density at radius 3 is 2.94 bits per heavy atom. The monoisotopic (exact) mass is 269 g/mol. The highest BCUT2D eigenvalue weighted by Gasteiger charge is 2.23. The van der Waals surface area contributed by atoms with Crippen molar-refractivity contribution in [3.8, 4) is 0 Å². The highest BCUT2D eigenvalue weighted by molar-refractivity contribution is 8.00. The molecule has 1 N–H and O–H groups in total. The molecule has 2 unspecified atom stereocenters. The number of methoxy groups -OCH3 is 1. The largest absolute Gasteiger partial charge is 0.465 e. The quantitative estimate of drug-likeness (QED) is 0.856. The fourth-order valence-electron chi connectivity index (χ4n) is 2.06. The zero-order valence-electron chi connectivity index (χ0n) is 10.4. The number of anilines is 1. The zero-order valence-corrected chi connectivity index (χ0v) is 11.2. The normalized spacial score (nSPS) is 22.8. The van der Waals surface area contributed by atoms with Crippen molar-refractivity contribution in [1.82, 2.24) is 0 Å². The van der Waals surface area contributed by atoms with E-state index in [0.29, 0.717) is 17.0 Å². The van der Waals surface area contributed by atoms with E-state index in [-0.39, 0.29) is 5.56 Å². The summed E-state index contributed by atoms with van der Waals surface area (Å²) in [5.74, 6) is 0.0462. The second-order valence-electron chi connectivity index (χ2n) is 4.40. The molecule has 3 nitrogen and oxygen atoms in total. The Labute approximate surface area is 110 Å². The fourth-order valence-corrected chi connectivity index (χ4v) is 3.21. The van der Waals surface area contributed by atoms with Crippen LogP contribution in [0.3, 0.4) is 0 Å². The molecular weight excluding hydrogens is 253 g/mol. The van der Waals surface area contributed by atoms with Gasteiger partial charge in [-0.25, -0.2) is 9.18 Å². The molecule has 0 bridgehead atoms. The number of rotatable bonds is 3. The maximum atomic E-state index is 13.2. The molecule has 0 amide bonds. The van der Waals surface area contributed by atoms with Gasteiger partial charge in [0.1, 0.15) is 5.82 Å². The number of ether oxygens (including phenoxy) is 1. The first kappa shape index (κ1) is 13.2. The lowest BCUT2D eigenvalue weighted by atomic mass is 10.1. The molecule has 1 aliphatic rings. The van der Waals surface area contributed by atoms with Crippen molar-refractivity contribution in [2.24, 2.45) is 0 Å². The van der Waals surface area contributed by atoms with Gasteiger partial charge in [0.2, 0.25) is 0 Å². The molecule has 0 aliphatic carbocycles. The van der Waals surface area contributed by atoms with E-state index < -0.39 is 11.8 Å². The van der Waals surface area contributed by atoms with Crippen molar-refractivity contribution in [1.29, 1.82) is 0 Å². The van der Waals surface area contributed by atoms with Crippen LogP contribution in [0.5, 0.6) is 0 Å².